The van der Waals surface area contributed by atoms with E-state index in [2.05, 4.69) is 35.7 Å². The van der Waals surface area contributed by atoms with Crippen molar-refractivity contribution in [2.75, 3.05) is 25.1 Å². The van der Waals surface area contributed by atoms with Crippen LogP contribution in [0, 0.1) is 23.7 Å². The van der Waals surface area contributed by atoms with Gasteiger partial charge in [-0.15, -0.1) is 0 Å². The van der Waals surface area contributed by atoms with Gasteiger partial charge in [-0.05, 0) is 68.6 Å². The number of anilines is 1. The molecule has 11 heteroatoms. The fourth-order valence-electron chi connectivity index (χ4n) is 7.28. The molecule has 5 fully saturated rings. The zero-order valence-corrected chi connectivity index (χ0v) is 20.1. The maximum Gasteiger partial charge on any atom is 0.316 e. The number of carbonyl (C=O) groups is 1. The molecule has 190 valence electrons. The molecule has 1 unspecified atom stereocenters. The molecule has 4 saturated carbocycles. The van der Waals surface area contributed by atoms with Gasteiger partial charge in [-0.3, -0.25) is 4.79 Å². The van der Waals surface area contributed by atoms with Crippen molar-refractivity contribution in [3.63, 3.8) is 0 Å². The van der Waals surface area contributed by atoms with Gasteiger partial charge in [-0.25, -0.2) is 9.97 Å². The predicted octanol–water partition coefficient (Wildman–Crippen LogP) is 2.52. The third kappa shape index (κ3) is 3.85. The number of H-pyrrole nitrogens is 1. The molecular formula is C25H31N7O4. The quantitative estimate of drug-likeness (QED) is 0.406. The van der Waals surface area contributed by atoms with Crippen molar-refractivity contribution >= 4 is 22.8 Å². The van der Waals surface area contributed by atoms with Crippen LogP contribution in [-0.2, 0) is 4.74 Å². The van der Waals surface area contributed by atoms with Crippen LogP contribution in [-0.4, -0.2) is 67.5 Å². The number of ether oxygens (including phenoxy) is 1. The van der Waals surface area contributed by atoms with Crippen molar-refractivity contribution in [2.45, 2.75) is 56.6 Å². The second kappa shape index (κ2) is 8.52. The predicted molar refractivity (Wildman–Crippen MR) is 129 cm³/mol. The smallest absolute Gasteiger partial charge is 0.316 e. The average Bonchev–Trinajstić information content (AvgIpc) is 3.54. The van der Waals surface area contributed by atoms with E-state index in [1.807, 2.05) is 0 Å². The summed E-state index contributed by atoms with van der Waals surface area (Å²) in [4.78, 5) is 29.2. The minimum Gasteiger partial charge on any atom is -0.390 e. The van der Waals surface area contributed by atoms with Gasteiger partial charge in [-0.2, -0.15) is 4.98 Å². The van der Waals surface area contributed by atoms with Crippen LogP contribution in [0.4, 0.5) is 5.69 Å². The zero-order chi connectivity index (χ0) is 24.3. The molecule has 4 heterocycles. The normalized spacial score (nSPS) is 31.7. The Balaban J connectivity index is 1.15. The van der Waals surface area contributed by atoms with E-state index in [0.717, 1.165) is 63.8 Å². The van der Waals surface area contributed by atoms with Crippen LogP contribution >= 0.6 is 0 Å². The van der Waals surface area contributed by atoms with E-state index in [1.165, 1.54) is 0 Å². The van der Waals surface area contributed by atoms with Crippen LogP contribution in [0.15, 0.2) is 17.0 Å². The molecule has 4 aliphatic carbocycles. The van der Waals surface area contributed by atoms with Crippen LogP contribution in [0.3, 0.4) is 0 Å². The number of carbonyl (C=O) groups excluding carboxylic acids is 1. The Morgan fingerprint density at radius 2 is 1.97 bits per heavy atom. The Morgan fingerprint density at radius 3 is 2.75 bits per heavy atom. The topological polar surface area (TPSA) is 151 Å². The van der Waals surface area contributed by atoms with Crippen LogP contribution in [0.5, 0.6) is 0 Å². The lowest BCUT2D eigenvalue weighted by Gasteiger charge is -2.58. The van der Waals surface area contributed by atoms with Gasteiger partial charge in [0.2, 0.25) is 5.82 Å². The average molecular weight is 494 g/mol. The summed E-state index contributed by atoms with van der Waals surface area (Å²) in [6, 6.07) is 0.233. The summed E-state index contributed by atoms with van der Waals surface area (Å²) in [5.74, 6) is 1.69. The van der Waals surface area contributed by atoms with E-state index in [9.17, 15) is 9.90 Å². The fourth-order valence-corrected chi connectivity index (χ4v) is 7.28. The summed E-state index contributed by atoms with van der Waals surface area (Å²) < 4.78 is 10.7. The van der Waals surface area contributed by atoms with Gasteiger partial charge in [0.05, 0.1) is 23.2 Å². The maximum absolute atomic E-state index is 12.7. The van der Waals surface area contributed by atoms with Crippen molar-refractivity contribution in [1.29, 1.82) is 0 Å². The standard InChI is InChI=1S/C25H31N7O4/c33-23(27-10-13-1-3-35-4-2-13)24-31-21(32-36-24)17-11-26-22-20(28-12-29-22)19(17)30-18-15-5-14-6-16(18)9-25(34,7-14)8-15/h11-16,18,34H,1-10H2,(H,27,33)(H2,26,28,29,30)/t14?,15-,16+,18+,25-. The highest BCUT2D eigenvalue weighted by Gasteiger charge is 2.54. The zero-order valence-electron chi connectivity index (χ0n) is 20.1. The Hall–Kier alpha value is -3.05. The lowest BCUT2D eigenvalue weighted by Crippen LogP contribution is -2.59. The molecule has 1 aliphatic heterocycles. The number of pyridine rings is 1. The molecule has 0 aromatic carbocycles. The van der Waals surface area contributed by atoms with Gasteiger partial charge in [0.15, 0.2) is 5.65 Å². The molecule has 1 saturated heterocycles. The first-order chi connectivity index (χ1) is 17.5. The van der Waals surface area contributed by atoms with E-state index in [0.29, 0.717) is 52.8 Å². The Kier molecular flexibility index (Phi) is 5.24. The van der Waals surface area contributed by atoms with Gasteiger partial charge < -0.3 is 30.0 Å². The molecule has 11 nitrogen and oxygen atoms in total. The lowest BCUT2D eigenvalue weighted by molar-refractivity contribution is -0.129. The van der Waals surface area contributed by atoms with Crippen LogP contribution in [0.1, 0.15) is 55.6 Å². The molecule has 5 aliphatic rings. The van der Waals surface area contributed by atoms with E-state index >= 15 is 0 Å². The number of nitrogens with zero attached hydrogens (tertiary/aromatic N) is 4. The van der Waals surface area contributed by atoms with Gasteiger partial charge >= 0.3 is 11.8 Å². The van der Waals surface area contributed by atoms with Gasteiger partial charge in [0, 0.05) is 32.0 Å². The first-order valence-electron chi connectivity index (χ1n) is 13.1. The summed E-state index contributed by atoms with van der Waals surface area (Å²) in [5.41, 5.74) is 2.31. The SMILES string of the molecule is O=C(NCC1CCOCC1)c1nc(-c2cnc3[nH]cnc3c2N[C@H]2[C@@H]3CC4C[C@H]2C[C@@](O)(C4)C3)no1. The molecular weight excluding hydrogens is 462 g/mol. The molecule has 3 aromatic rings. The minimum absolute atomic E-state index is 0.0676. The van der Waals surface area contributed by atoms with Crippen molar-refractivity contribution in [2.24, 2.45) is 23.7 Å². The lowest BCUT2D eigenvalue weighted by atomic mass is 9.52. The summed E-state index contributed by atoms with van der Waals surface area (Å²) in [6.07, 6.45) is 10.1. The summed E-state index contributed by atoms with van der Waals surface area (Å²) in [7, 11) is 0. The molecule has 0 radical (unpaired) electrons. The molecule has 8 rings (SSSR count). The van der Waals surface area contributed by atoms with Crippen LogP contribution < -0.4 is 10.6 Å². The number of aromatic nitrogens is 5. The van der Waals surface area contributed by atoms with Crippen LogP contribution in [0.2, 0.25) is 0 Å². The number of hydrogen-bond donors (Lipinski definition) is 4. The molecule has 36 heavy (non-hydrogen) atoms. The number of amides is 1. The van der Waals surface area contributed by atoms with E-state index in [1.54, 1.807) is 12.5 Å². The monoisotopic (exact) mass is 493 g/mol. The third-order valence-electron chi connectivity index (χ3n) is 8.75. The van der Waals surface area contributed by atoms with Crippen molar-refractivity contribution < 1.29 is 19.2 Å². The minimum atomic E-state index is -0.502. The van der Waals surface area contributed by atoms with Crippen molar-refractivity contribution in [1.82, 2.24) is 30.4 Å². The summed E-state index contributed by atoms with van der Waals surface area (Å²) >= 11 is 0. The number of fused-ring (bicyclic) bond motifs is 1. The molecule has 3 aromatic heterocycles. The number of hydrogen-bond acceptors (Lipinski definition) is 9. The van der Waals surface area contributed by atoms with Gasteiger partial charge in [-0.1, -0.05) is 5.16 Å². The largest absolute Gasteiger partial charge is 0.390 e. The van der Waals surface area contributed by atoms with Gasteiger partial charge in [0.1, 0.15) is 5.52 Å². The Bertz CT molecular complexity index is 1270. The highest BCUT2D eigenvalue weighted by atomic mass is 16.5. The number of aromatic amines is 1. The second-order valence-corrected chi connectivity index (χ2v) is 11.2. The first-order valence-corrected chi connectivity index (χ1v) is 13.1. The molecule has 5 atom stereocenters. The molecule has 0 spiro atoms. The van der Waals surface area contributed by atoms with E-state index < -0.39 is 5.60 Å². The van der Waals surface area contributed by atoms with E-state index in [4.69, 9.17) is 9.26 Å². The summed E-state index contributed by atoms with van der Waals surface area (Å²) in [5, 5.41) is 21.8. The Morgan fingerprint density at radius 1 is 1.17 bits per heavy atom. The van der Waals surface area contributed by atoms with Crippen molar-refractivity contribution in [3.8, 4) is 11.4 Å². The fraction of sp³-hybridized carbons (Fsp3) is 0.640. The number of nitrogens with one attached hydrogen (secondary N) is 3. The van der Waals surface area contributed by atoms with E-state index in [-0.39, 0.29) is 17.8 Å². The Labute approximate surface area is 207 Å². The van der Waals surface area contributed by atoms with Crippen LogP contribution in [0.25, 0.3) is 22.6 Å². The number of imidazole rings is 1. The second-order valence-electron chi connectivity index (χ2n) is 11.2. The third-order valence-corrected chi connectivity index (χ3v) is 8.75. The number of rotatable bonds is 6. The number of aliphatic hydroxyl groups is 1. The maximum atomic E-state index is 12.7. The summed E-state index contributed by atoms with van der Waals surface area (Å²) in [6.45, 7) is 2.02. The molecule has 4 bridgehead atoms. The van der Waals surface area contributed by atoms with Crippen molar-refractivity contribution in [3.05, 3.63) is 18.4 Å². The highest BCUT2D eigenvalue weighted by molar-refractivity contribution is 5.95. The molecule has 4 N–H and O–H groups in total. The van der Waals surface area contributed by atoms with Gasteiger partial charge in [0.25, 0.3) is 0 Å². The highest BCUT2D eigenvalue weighted by Crippen LogP contribution is 2.56. The molecule has 1 amide bonds. The first kappa shape index (κ1) is 22.2.